The van der Waals surface area contributed by atoms with Gasteiger partial charge in [0.1, 0.15) is 0 Å². The molecule has 0 bridgehead atoms. The van der Waals surface area contributed by atoms with Gasteiger partial charge in [0.05, 0.1) is 11.6 Å². The number of thiocarbonyl (C=S) groups is 1. The summed E-state index contributed by atoms with van der Waals surface area (Å²) in [7, 11) is 0. The van der Waals surface area contributed by atoms with Crippen LogP contribution in [0.25, 0.3) is 17.0 Å². The number of nitrogens with zero attached hydrogens (tertiary/aromatic N) is 3. The fraction of sp³-hybridized carbons (Fsp3) is 0.148. The molecule has 5 nitrogen and oxygen atoms in total. The van der Waals surface area contributed by atoms with E-state index in [1.165, 1.54) is 5.56 Å². The van der Waals surface area contributed by atoms with Crippen LogP contribution >= 0.6 is 23.8 Å². The number of rotatable bonds is 5. The van der Waals surface area contributed by atoms with Gasteiger partial charge in [0.25, 0.3) is 5.89 Å². The number of hydrogen-bond acceptors (Lipinski definition) is 4. The molecule has 1 aliphatic heterocycles. The monoisotopic (exact) mass is 486 g/mol. The molecule has 4 aromatic rings. The minimum atomic E-state index is -0.290. The van der Waals surface area contributed by atoms with Crippen molar-refractivity contribution in [2.75, 3.05) is 4.90 Å². The lowest BCUT2D eigenvalue weighted by Gasteiger charge is -2.37. The molecule has 34 heavy (non-hydrogen) atoms. The SMILES string of the molecule is CCc1ccc(N2C(=S)NC(c3cccc(Cl)c3)C(c3nc(-c4ccccc4)no3)=C2C)cc1. The molecule has 1 aromatic heterocycles. The molecule has 1 atom stereocenters. The number of aryl methyl sites for hydroxylation is 1. The summed E-state index contributed by atoms with van der Waals surface area (Å²) < 4.78 is 5.80. The zero-order valence-electron chi connectivity index (χ0n) is 18.8. The first-order valence-corrected chi connectivity index (χ1v) is 11.9. The van der Waals surface area contributed by atoms with Crippen LogP contribution in [-0.4, -0.2) is 15.3 Å². The smallest absolute Gasteiger partial charge is 0.258 e. The summed E-state index contributed by atoms with van der Waals surface area (Å²) >= 11 is 12.2. The minimum absolute atomic E-state index is 0.290. The van der Waals surface area contributed by atoms with E-state index in [9.17, 15) is 0 Å². The third kappa shape index (κ3) is 4.22. The summed E-state index contributed by atoms with van der Waals surface area (Å²) in [6.45, 7) is 4.17. The van der Waals surface area contributed by atoms with Gasteiger partial charge in [-0.3, -0.25) is 4.90 Å². The van der Waals surface area contributed by atoms with Crippen LogP contribution in [-0.2, 0) is 6.42 Å². The second-order valence-corrected chi connectivity index (χ2v) is 8.90. The van der Waals surface area contributed by atoms with Gasteiger partial charge in [-0.05, 0) is 61.0 Å². The number of allylic oxidation sites excluding steroid dienone is 1. The summed E-state index contributed by atoms with van der Waals surface area (Å²) in [5.74, 6) is 0.972. The van der Waals surface area contributed by atoms with E-state index in [1.807, 2.05) is 66.4 Å². The van der Waals surface area contributed by atoms with Crippen LogP contribution in [0.5, 0.6) is 0 Å². The first-order chi connectivity index (χ1) is 16.5. The van der Waals surface area contributed by atoms with Gasteiger partial charge in [0.15, 0.2) is 5.11 Å². The molecule has 170 valence electrons. The van der Waals surface area contributed by atoms with Gasteiger partial charge in [-0.2, -0.15) is 4.98 Å². The Morgan fingerprint density at radius 1 is 1.03 bits per heavy atom. The standard InChI is InChI=1S/C27H23ClN4OS/c1-3-18-12-14-22(15-13-18)32-17(2)23(24(29-27(32)34)20-10-7-11-21(28)16-20)26-30-25(31-33-26)19-8-5-4-6-9-19/h4-16,24H,3H2,1-2H3,(H,29,34). The summed E-state index contributed by atoms with van der Waals surface area (Å²) in [4.78, 5) is 6.77. The second kappa shape index (κ2) is 9.41. The molecule has 1 N–H and O–H groups in total. The number of nitrogens with one attached hydrogen (secondary N) is 1. The average molecular weight is 487 g/mol. The maximum absolute atomic E-state index is 6.33. The van der Waals surface area contributed by atoms with Crippen molar-refractivity contribution in [3.05, 3.63) is 107 Å². The van der Waals surface area contributed by atoms with Crippen LogP contribution in [0.1, 0.15) is 36.9 Å². The van der Waals surface area contributed by atoms with E-state index in [0.717, 1.165) is 34.5 Å². The molecule has 1 unspecified atom stereocenters. The predicted molar refractivity (Wildman–Crippen MR) is 141 cm³/mol. The van der Waals surface area contributed by atoms with Crippen LogP contribution in [0, 0.1) is 0 Å². The molecule has 0 saturated heterocycles. The van der Waals surface area contributed by atoms with Gasteiger partial charge >= 0.3 is 0 Å². The van der Waals surface area contributed by atoms with Crippen molar-refractivity contribution >= 4 is 40.2 Å². The minimum Gasteiger partial charge on any atom is -0.351 e. The zero-order valence-corrected chi connectivity index (χ0v) is 20.4. The highest BCUT2D eigenvalue weighted by molar-refractivity contribution is 7.80. The number of benzene rings is 3. The van der Waals surface area contributed by atoms with Gasteiger partial charge in [0, 0.05) is 22.0 Å². The summed E-state index contributed by atoms with van der Waals surface area (Å²) in [5.41, 5.74) is 5.86. The van der Waals surface area contributed by atoms with Crippen LogP contribution < -0.4 is 10.2 Å². The van der Waals surface area contributed by atoms with Crippen molar-refractivity contribution in [3.8, 4) is 11.4 Å². The first-order valence-electron chi connectivity index (χ1n) is 11.1. The van der Waals surface area contributed by atoms with E-state index in [2.05, 4.69) is 41.7 Å². The van der Waals surface area contributed by atoms with Gasteiger partial charge < -0.3 is 9.84 Å². The molecule has 1 aliphatic rings. The quantitative estimate of drug-likeness (QED) is 0.312. The fourth-order valence-corrected chi connectivity index (χ4v) is 4.74. The Morgan fingerprint density at radius 2 is 1.79 bits per heavy atom. The number of anilines is 1. The molecule has 0 amide bonds. The average Bonchev–Trinajstić information content (AvgIpc) is 3.34. The lowest BCUT2D eigenvalue weighted by Crippen LogP contribution is -2.46. The highest BCUT2D eigenvalue weighted by Gasteiger charge is 2.34. The molecular formula is C27H23ClN4OS. The molecule has 5 rings (SSSR count). The Labute approximate surface area is 209 Å². The third-order valence-electron chi connectivity index (χ3n) is 5.96. The van der Waals surface area contributed by atoms with E-state index in [0.29, 0.717) is 21.9 Å². The number of halogens is 1. The molecule has 0 saturated carbocycles. The van der Waals surface area contributed by atoms with Gasteiger partial charge in [-0.15, -0.1) is 0 Å². The van der Waals surface area contributed by atoms with Gasteiger partial charge in [-0.1, -0.05) is 78.3 Å². The molecule has 7 heteroatoms. The lowest BCUT2D eigenvalue weighted by atomic mass is 9.94. The first kappa shape index (κ1) is 22.3. The summed E-state index contributed by atoms with van der Waals surface area (Å²) in [5, 5.41) is 8.98. The van der Waals surface area contributed by atoms with Crippen LogP contribution in [0.15, 0.2) is 89.1 Å². The van der Waals surface area contributed by atoms with Crippen molar-refractivity contribution in [1.82, 2.24) is 15.5 Å². The Bertz CT molecular complexity index is 1360. The molecule has 2 heterocycles. The van der Waals surface area contributed by atoms with E-state index < -0.39 is 0 Å². The zero-order chi connectivity index (χ0) is 23.7. The number of aromatic nitrogens is 2. The molecular weight excluding hydrogens is 464 g/mol. The Kier molecular flexibility index (Phi) is 6.18. The molecule has 0 fully saturated rings. The largest absolute Gasteiger partial charge is 0.351 e. The highest BCUT2D eigenvalue weighted by atomic mass is 35.5. The lowest BCUT2D eigenvalue weighted by molar-refractivity contribution is 0.404. The second-order valence-electron chi connectivity index (χ2n) is 8.08. The maximum Gasteiger partial charge on any atom is 0.258 e. The maximum atomic E-state index is 6.33. The van der Waals surface area contributed by atoms with Crippen molar-refractivity contribution in [3.63, 3.8) is 0 Å². The van der Waals surface area contributed by atoms with E-state index in [4.69, 9.17) is 33.3 Å². The van der Waals surface area contributed by atoms with E-state index in [1.54, 1.807) is 0 Å². The fourth-order valence-electron chi connectivity index (χ4n) is 4.19. The van der Waals surface area contributed by atoms with E-state index >= 15 is 0 Å². The van der Waals surface area contributed by atoms with Gasteiger partial charge in [0.2, 0.25) is 5.82 Å². The third-order valence-corrected chi connectivity index (χ3v) is 6.49. The van der Waals surface area contributed by atoms with Crippen molar-refractivity contribution < 1.29 is 4.52 Å². The van der Waals surface area contributed by atoms with Crippen LogP contribution in [0.2, 0.25) is 5.02 Å². The molecule has 3 aromatic carbocycles. The Morgan fingerprint density at radius 3 is 2.50 bits per heavy atom. The highest BCUT2D eigenvalue weighted by Crippen LogP contribution is 2.39. The van der Waals surface area contributed by atoms with Crippen molar-refractivity contribution in [1.29, 1.82) is 0 Å². The van der Waals surface area contributed by atoms with E-state index in [-0.39, 0.29) is 6.04 Å². The molecule has 0 radical (unpaired) electrons. The Hall–Kier alpha value is -3.48. The van der Waals surface area contributed by atoms with Crippen molar-refractivity contribution in [2.45, 2.75) is 26.3 Å². The van der Waals surface area contributed by atoms with Crippen molar-refractivity contribution in [2.24, 2.45) is 0 Å². The predicted octanol–water partition coefficient (Wildman–Crippen LogP) is 6.82. The molecule has 0 aliphatic carbocycles. The summed E-state index contributed by atoms with van der Waals surface area (Å²) in [6, 6.07) is 25.6. The number of hydrogen-bond donors (Lipinski definition) is 1. The molecule has 0 spiro atoms. The van der Waals surface area contributed by atoms with Crippen LogP contribution in [0.3, 0.4) is 0 Å². The van der Waals surface area contributed by atoms with Gasteiger partial charge in [-0.25, -0.2) is 0 Å². The topological polar surface area (TPSA) is 54.2 Å². The summed E-state index contributed by atoms with van der Waals surface area (Å²) in [6.07, 6.45) is 0.976. The van der Waals surface area contributed by atoms with Crippen LogP contribution in [0.4, 0.5) is 5.69 Å². The normalized spacial score (nSPS) is 16.0. The Balaban J connectivity index is 1.65.